The number of hydrogen-bond acceptors (Lipinski definition) is 9. The standard InChI is InChI=1S/C35H35F2N5O4S/c1-3-46-35(43)30-22(2)38-34-32(31(30)25-5-4-6-28(21-25)42(44)45)29(39-47-34)15-16-40-17-19-41(20-18-40)33(23-7-11-26(36)12-8-23)24-9-13-27(37)14-10-24/h4-14,21,30-31,33H,3,15-20H2,1-2H3. The van der Waals surface area contributed by atoms with Gasteiger partial charge >= 0.3 is 5.97 Å². The number of nitro benzene ring substituents is 1. The van der Waals surface area contributed by atoms with Gasteiger partial charge in [-0.2, -0.15) is 4.37 Å². The maximum absolute atomic E-state index is 13.8. The molecule has 3 heterocycles. The highest BCUT2D eigenvalue weighted by Gasteiger charge is 2.42. The topological polar surface area (TPSA) is 101 Å². The van der Waals surface area contributed by atoms with Crippen LogP contribution in [0.1, 0.15) is 53.8 Å². The van der Waals surface area contributed by atoms with Crippen LogP contribution in [-0.2, 0) is 16.0 Å². The molecule has 0 saturated carbocycles. The van der Waals surface area contributed by atoms with Gasteiger partial charge < -0.3 is 9.64 Å². The highest BCUT2D eigenvalue weighted by molar-refractivity contribution is 7.10. The van der Waals surface area contributed by atoms with Crippen molar-refractivity contribution in [3.05, 3.63) is 122 Å². The summed E-state index contributed by atoms with van der Waals surface area (Å²) in [5.41, 5.74) is 4.73. The smallest absolute Gasteiger partial charge is 0.315 e. The summed E-state index contributed by atoms with van der Waals surface area (Å²) in [6, 6.07) is 19.2. The fraction of sp³-hybridized carbons (Fsp3) is 0.343. The zero-order chi connectivity index (χ0) is 33.1. The fourth-order valence-electron chi connectivity index (χ4n) is 6.67. The summed E-state index contributed by atoms with van der Waals surface area (Å²) in [7, 11) is 0. The summed E-state index contributed by atoms with van der Waals surface area (Å²) in [5, 5.41) is 12.4. The highest BCUT2D eigenvalue weighted by atomic mass is 32.1. The Morgan fingerprint density at radius 2 is 1.66 bits per heavy atom. The molecule has 1 fully saturated rings. The first-order chi connectivity index (χ1) is 22.7. The number of esters is 1. The number of rotatable bonds is 10. The first kappa shape index (κ1) is 32.5. The number of carbonyl (C=O) groups excluding carboxylic acids is 1. The molecule has 4 aromatic rings. The van der Waals surface area contributed by atoms with Crippen molar-refractivity contribution in [1.29, 1.82) is 0 Å². The SMILES string of the molecule is CCOC(=O)C1C(C)=Nc2snc(CCN3CCN(C(c4ccc(F)cc4)c4ccc(F)cc4)CC3)c2C1c1cccc([N+](=O)[O-])c1. The third-order valence-corrected chi connectivity index (χ3v) is 9.74. The number of hydrogen-bond donors (Lipinski definition) is 0. The molecule has 1 aromatic heterocycles. The van der Waals surface area contributed by atoms with Gasteiger partial charge in [0.2, 0.25) is 0 Å². The normalized spacial score (nSPS) is 18.5. The van der Waals surface area contributed by atoms with Crippen molar-refractivity contribution in [1.82, 2.24) is 14.2 Å². The molecule has 47 heavy (non-hydrogen) atoms. The second-order valence-electron chi connectivity index (χ2n) is 11.8. The monoisotopic (exact) mass is 659 g/mol. The molecule has 2 atom stereocenters. The molecule has 2 aliphatic heterocycles. The molecule has 6 rings (SSSR count). The Balaban J connectivity index is 1.21. The van der Waals surface area contributed by atoms with Gasteiger partial charge in [0.1, 0.15) is 22.6 Å². The number of piperazine rings is 1. The van der Waals surface area contributed by atoms with Crippen molar-refractivity contribution in [3.8, 4) is 0 Å². The number of nitro groups is 1. The molecular formula is C35H35F2N5O4S. The molecule has 2 aliphatic rings. The molecule has 3 aromatic carbocycles. The van der Waals surface area contributed by atoms with Crippen molar-refractivity contribution in [2.45, 2.75) is 32.2 Å². The van der Waals surface area contributed by atoms with E-state index in [0.717, 1.165) is 55.1 Å². The minimum atomic E-state index is -0.724. The van der Waals surface area contributed by atoms with Crippen molar-refractivity contribution in [3.63, 3.8) is 0 Å². The van der Waals surface area contributed by atoms with Crippen LogP contribution in [0, 0.1) is 27.7 Å². The van der Waals surface area contributed by atoms with E-state index >= 15 is 0 Å². The van der Waals surface area contributed by atoms with E-state index in [1.54, 1.807) is 44.2 Å². The van der Waals surface area contributed by atoms with Gasteiger partial charge in [-0.15, -0.1) is 0 Å². The Kier molecular flexibility index (Phi) is 9.81. The zero-order valence-corrected chi connectivity index (χ0v) is 27.0. The summed E-state index contributed by atoms with van der Waals surface area (Å²) in [6.07, 6.45) is 0.612. The maximum Gasteiger partial charge on any atom is 0.315 e. The van der Waals surface area contributed by atoms with Crippen LogP contribution >= 0.6 is 11.5 Å². The Hall–Kier alpha value is -4.39. The maximum atomic E-state index is 13.8. The average molecular weight is 660 g/mol. The minimum absolute atomic E-state index is 0.0472. The average Bonchev–Trinajstić information content (AvgIpc) is 3.47. The first-order valence-corrected chi connectivity index (χ1v) is 16.4. The molecule has 1 saturated heterocycles. The highest BCUT2D eigenvalue weighted by Crippen LogP contribution is 2.47. The van der Waals surface area contributed by atoms with Crippen LogP contribution in [0.5, 0.6) is 0 Å². The lowest BCUT2D eigenvalue weighted by atomic mass is 9.76. The van der Waals surface area contributed by atoms with Gasteiger partial charge in [-0.3, -0.25) is 19.8 Å². The van der Waals surface area contributed by atoms with E-state index in [2.05, 4.69) is 9.80 Å². The lowest BCUT2D eigenvalue weighted by Crippen LogP contribution is -2.48. The van der Waals surface area contributed by atoms with Crippen molar-refractivity contribution < 1.29 is 23.2 Å². The molecule has 9 nitrogen and oxygen atoms in total. The third kappa shape index (κ3) is 6.99. The van der Waals surface area contributed by atoms with E-state index in [4.69, 9.17) is 14.1 Å². The van der Waals surface area contributed by atoms with Crippen LogP contribution in [0.4, 0.5) is 19.5 Å². The second-order valence-corrected chi connectivity index (χ2v) is 12.5. The van der Waals surface area contributed by atoms with Gasteiger partial charge in [0.15, 0.2) is 0 Å². The van der Waals surface area contributed by atoms with Gasteiger partial charge in [-0.25, -0.2) is 13.8 Å². The van der Waals surface area contributed by atoms with Crippen molar-refractivity contribution >= 4 is 33.9 Å². The number of aliphatic imine (C=N–C) groups is 1. The van der Waals surface area contributed by atoms with E-state index in [1.165, 1.54) is 47.9 Å². The number of carbonyl (C=O) groups is 1. The molecule has 244 valence electrons. The number of non-ortho nitro benzene ring substituents is 1. The molecule has 2 unspecified atom stereocenters. The number of ether oxygens (including phenoxy) is 1. The van der Waals surface area contributed by atoms with E-state index < -0.39 is 22.7 Å². The molecule has 12 heteroatoms. The quantitative estimate of drug-likeness (QED) is 0.106. The second kappa shape index (κ2) is 14.2. The number of halogens is 2. The van der Waals surface area contributed by atoms with Crippen LogP contribution in [-0.4, -0.2) is 70.1 Å². The zero-order valence-electron chi connectivity index (χ0n) is 26.1. The van der Waals surface area contributed by atoms with Crippen LogP contribution in [0.15, 0.2) is 77.8 Å². The molecule has 0 aliphatic carbocycles. The van der Waals surface area contributed by atoms with Gasteiger partial charge in [-0.1, -0.05) is 36.4 Å². The Morgan fingerprint density at radius 3 is 2.26 bits per heavy atom. The van der Waals surface area contributed by atoms with E-state index in [9.17, 15) is 23.7 Å². The molecule has 0 N–H and O–H groups in total. The van der Waals surface area contributed by atoms with Gasteiger partial charge in [0, 0.05) is 68.5 Å². The predicted molar refractivity (Wildman–Crippen MR) is 176 cm³/mol. The van der Waals surface area contributed by atoms with Crippen LogP contribution in [0.3, 0.4) is 0 Å². The predicted octanol–water partition coefficient (Wildman–Crippen LogP) is 6.70. The summed E-state index contributed by atoms with van der Waals surface area (Å²) >= 11 is 1.28. The lowest BCUT2D eigenvalue weighted by molar-refractivity contribution is -0.384. The summed E-state index contributed by atoms with van der Waals surface area (Å²) in [6.45, 7) is 7.53. The molecule has 0 spiro atoms. The fourth-order valence-corrected chi connectivity index (χ4v) is 7.59. The minimum Gasteiger partial charge on any atom is -0.465 e. The van der Waals surface area contributed by atoms with E-state index in [0.29, 0.717) is 22.7 Å². The number of nitrogens with zero attached hydrogens (tertiary/aromatic N) is 5. The van der Waals surface area contributed by atoms with Crippen LogP contribution in [0.25, 0.3) is 0 Å². The first-order valence-electron chi connectivity index (χ1n) is 15.7. The molecular weight excluding hydrogens is 624 g/mol. The van der Waals surface area contributed by atoms with E-state index in [-0.39, 0.29) is 30.0 Å². The molecule has 0 amide bonds. The molecule has 0 bridgehead atoms. The Bertz CT molecular complexity index is 1730. The van der Waals surface area contributed by atoms with Crippen LogP contribution in [0.2, 0.25) is 0 Å². The number of aromatic nitrogens is 1. The number of benzene rings is 3. The van der Waals surface area contributed by atoms with Gasteiger partial charge in [0.05, 0.1) is 23.3 Å². The largest absolute Gasteiger partial charge is 0.465 e. The van der Waals surface area contributed by atoms with Crippen LogP contribution < -0.4 is 0 Å². The third-order valence-electron chi connectivity index (χ3n) is 8.94. The van der Waals surface area contributed by atoms with Crippen molar-refractivity contribution in [2.24, 2.45) is 10.9 Å². The van der Waals surface area contributed by atoms with Crippen molar-refractivity contribution in [2.75, 3.05) is 39.3 Å². The number of fused-ring (bicyclic) bond motifs is 1. The molecule has 0 radical (unpaired) electrons. The Labute approximate surface area is 275 Å². The van der Waals surface area contributed by atoms with Gasteiger partial charge in [-0.05, 0) is 66.3 Å². The summed E-state index contributed by atoms with van der Waals surface area (Å²) < 4.78 is 37.7. The summed E-state index contributed by atoms with van der Waals surface area (Å²) in [4.78, 5) is 33.9. The van der Waals surface area contributed by atoms with Gasteiger partial charge in [0.25, 0.3) is 5.69 Å². The van der Waals surface area contributed by atoms with E-state index in [1.807, 2.05) is 6.07 Å². The summed E-state index contributed by atoms with van der Waals surface area (Å²) in [5.74, 6) is -2.26. The Morgan fingerprint density at radius 1 is 1.02 bits per heavy atom. The lowest BCUT2D eigenvalue weighted by Gasteiger charge is -2.40.